The van der Waals surface area contributed by atoms with E-state index in [1.54, 1.807) is 0 Å². The van der Waals surface area contributed by atoms with Crippen LogP contribution in [-0.2, 0) is 13.1 Å². The topological polar surface area (TPSA) is 28.4 Å². The summed E-state index contributed by atoms with van der Waals surface area (Å²) < 4.78 is 5.87. The molecule has 1 N–H and O–H groups in total. The van der Waals surface area contributed by atoms with Crippen LogP contribution < -0.4 is 5.32 Å². The Balaban J connectivity index is 1.83. The second kappa shape index (κ2) is 8.00. The molecule has 0 unspecified atom stereocenters. The standard InChI is InChI=1S/C18H32N2O/c1-14(2)19-11-18-10-17(15(3)21-18)13-20(4)12-16-8-6-5-7-9-16/h10,14,16,19H,5-9,11-13H2,1-4H3. The van der Waals surface area contributed by atoms with Gasteiger partial charge in [0.25, 0.3) is 0 Å². The summed E-state index contributed by atoms with van der Waals surface area (Å²) in [6.07, 6.45) is 7.12. The van der Waals surface area contributed by atoms with Gasteiger partial charge in [-0.15, -0.1) is 0 Å². The highest BCUT2D eigenvalue weighted by Gasteiger charge is 2.17. The number of hydrogen-bond donors (Lipinski definition) is 1. The Kier molecular flexibility index (Phi) is 6.31. The lowest BCUT2D eigenvalue weighted by atomic mass is 9.89. The third kappa shape index (κ3) is 5.48. The molecular weight excluding hydrogens is 260 g/mol. The minimum absolute atomic E-state index is 0.493. The molecule has 1 aromatic heterocycles. The molecule has 1 heterocycles. The van der Waals surface area contributed by atoms with Crippen LogP contribution >= 0.6 is 0 Å². The Morgan fingerprint density at radius 1 is 1.29 bits per heavy atom. The van der Waals surface area contributed by atoms with Crippen LogP contribution in [0.15, 0.2) is 10.5 Å². The monoisotopic (exact) mass is 292 g/mol. The summed E-state index contributed by atoms with van der Waals surface area (Å²) in [4.78, 5) is 2.47. The van der Waals surface area contributed by atoms with Crippen LogP contribution in [0, 0.1) is 12.8 Å². The van der Waals surface area contributed by atoms with Gasteiger partial charge in [0.1, 0.15) is 11.5 Å². The molecule has 1 fully saturated rings. The molecule has 0 amide bonds. The van der Waals surface area contributed by atoms with E-state index in [4.69, 9.17) is 4.42 Å². The highest BCUT2D eigenvalue weighted by Crippen LogP contribution is 2.25. The average molecular weight is 292 g/mol. The van der Waals surface area contributed by atoms with Crippen LogP contribution in [0.1, 0.15) is 63.0 Å². The van der Waals surface area contributed by atoms with Crippen molar-refractivity contribution < 1.29 is 4.42 Å². The first-order valence-electron chi connectivity index (χ1n) is 8.54. The first-order chi connectivity index (χ1) is 10.0. The molecule has 120 valence electrons. The van der Waals surface area contributed by atoms with Gasteiger partial charge < -0.3 is 14.6 Å². The van der Waals surface area contributed by atoms with Crippen molar-refractivity contribution in [2.24, 2.45) is 5.92 Å². The summed E-state index contributed by atoms with van der Waals surface area (Å²) in [6, 6.07) is 2.72. The number of nitrogens with zero attached hydrogens (tertiary/aromatic N) is 1. The predicted octanol–water partition coefficient (Wildman–Crippen LogP) is 4.10. The van der Waals surface area contributed by atoms with Crippen molar-refractivity contribution in [2.45, 2.75) is 72.0 Å². The van der Waals surface area contributed by atoms with E-state index in [0.29, 0.717) is 6.04 Å². The molecule has 1 aliphatic rings. The third-order valence-corrected chi connectivity index (χ3v) is 4.49. The summed E-state index contributed by atoms with van der Waals surface area (Å²) in [5.74, 6) is 3.03. The van der Waals surface area contributed by atoms with Crippen molar-refractivity contribution in [1.29, 1.82) is 0 Å². The van der Waals surface area contributed by atoms with Gasteiger partial charge in [-0.25, -0.2) is 0 Å². The van der Waals surface area contributed by atoms with Gasteiger partial charge in [0, 0.05) is 24.7 Å². The van der Waals surface area contributed by atoms with Crippen LogP contribution in [0.2, 0.25) is 0 Å². The molecule has 0 atom stereocenters. The average Bonchev–Trinajstić information content (AvgIpc) is 2.78. The lowest BCUT2D eigenvalue weighted by Crippen LogP contribution is -2.26. The number of rotatable bonds is 7. The van der Waals surface area contributed by atoms with Gasteiger partial charge >= 0.3 is 0 Å². The van der Waals surface area contributed by atoms with Crippen LogP contribution in [0.4, 0.5) is 0 Å². The van der Waals surface area contributed by atoms with Crippen molar-refractivity contribution in [3.05, 3.63) is 23.2 Å². The number of aryl methyl sites for hydroxylation is 1. The van der Waals surface area contributed by atoms with Crippen LogP contribution in [0.25, 0.3) is 0 Å². The third-order valence-electron chi connectivity index (χ3n) is 4.49. The van der Waals surface area contributed by atoms with Gasteiger partial charge in [-0.1, -0.05) is 33.1 Å². The molecule has 0 bridgehead atoms. The van der Waals surface area contributed by atoms with E-state index in [1.807, 2.05) is 0 Å². The van der Waals surface area contributed by atoms with Crippen molar-refractivity contribution in [2.75, 3.05) is 13.6 Å². The van der Waals surface area contributed by atoms with Crippen molar-refractivity contribution in [3.63, 3.8) is 0 Å². The molecule has 1 aliphatic carbocycles. The van der Waals surface area contributed by atoms with E-state index in [-0.39, 0.29) is 0 Å². The zero-order valence-electron chi connectivity index (χ0n) is 14.2. The molecule has 0 spiro atoms. The van der Waals surface area contributed by atoms with Gasteiger partial charge in [0.2, 0.25) is 0 Å². The molecular formula is C18H32N2O. The molecule has 3 nitrogen and oxygen atoms in total. The van der Waals surface area contributed by atoms with E-state index < -0.39 is 0 Å². The van der Waals surface area contributed by atoms with Gasteiger partial charge in [0.15, 0.2) is 0 Å². The summed E-state index contributed by atoms with van der Waals surface area (Å²) >= 11 is 0. The fourth-order valence-corrected chi connectivity index (χ4v) is 3.30. The second-order valence-electron chi connectivity index (χ2n) is 7.03. The van der Waals surface area contributed by atoms with E-state index in [1.165, 1.54) is 44.2 Å². The van der Waals surface area contributed by atoms with Crippen molar-refractivity contribution in [3.8, 4) is 0 Å². The Bertz CT molecular complexity index is 419. The highest BCUT2D eigenvalue weighted by atomic mass is 16.3. The highest BCUT2D eigenvalue weighted by molar-refractivity contribution is 5.20. The van der Waals surface area contributed by atoms with Gasteiger partial charge in [-0.05, 0) is 38.8 Å². The normalized spacial score (nSPS) is 17.0. The summed E-state index contributed by atoms with van der Waals surface area (Å²) in [5.41, 5.74) is 1.34. The fourth-order valence-electron chi connectivity index (χ4n) is 3.30. The summed E-state index contributed by atoms with van der Waals surface area (Å²) in [5, 5.41) is 3.41. The SMILES string of the molecule is Cc1oc(CNC(C)C)cc1CN(C)CC1CCCCC1. The number of hydrogen-bond acceptors (Lipinski definition) is 3. The van der Waals surface area contributed by atoms with Crippen molar-refractivity contribution >= 4 is 0 Å². The molecule has 0 aliphatic heterocycles. The van der Waals surface area contributed by atoms with E-state index >= 15 is 0 Å². The predicted molar refractivity (Wildman–Crippen MR) is 88.3 cm³/mol. The van der Waals surface area contributed by atoms with Crippen molar-refractivity contribution in [1.82, 2.24) is 10.2 Å². The fraction of sp³-hybridized carbons (Fsp3) is 0.778. The first kappa shape index (κ1) is 16.6. The smallest absolute Gasteiger partial charge is 0.118 e. The van der Waals surface area contributed by atoms with E-state index in [9.17, 15) is 0 Å². The zero-order chi connectivity index (χ0) is 15.2. The Morgan fingerprint density at radius 3 is 2.67 bits per heavy atom. The lowest BCUT2D eigenvalue weighted by Gasteiger charge is -2.26. The zero-order valence-corrected chi connectivity index (χ0v) is 14.2. The summed E-state index contributed by atoms with van der Waals surface area (Å²) in [6.45, 7) is 9.47. The number of furan rings is 1. The second-order valence-corrected chi connectivity index (χ2v) is 7.03. The molecule has 21 heavy (non-hydrogen) atoms. The largest absolute Gasteiger partial charge is 0.465 e. The van der Waals surface area contributed by atoms with Crippen LogP contribution in [0.3, 0.4) is 0 Å². The first-order valence-corrected chi connectivity index (χ1v) is 8.54. The Labute approximate surface area is 130 Å². The van der Waals surface area contributed by atoms with Gasteiger partial charge in [-0.2, -0.15) is 0 Å². The van der Waals surface area contributed by atoms with Crippen LogP contribution in [-0.4, -0.2) is 24.5 Å². The van der Waals surface area contributed by atoms with Gasteiger partial charge in [-0.3, -0.25) is 0 Å². The van der Waals surface area contributed by atoms with Crippen LogP contribution in [0.5, 0.6) is 0 Å². The minimum Gasteiger partial charge on any atom is -0.465 e. The van der Waals surface area contributed by atoms with E-state index in [2.05, 4.69) is 44.1 Å². The van der Waals surface area contributed by atoms with E-state index in [0.717, 1.165) is 30.5 Å². The molecule has 1 saturated carbocycles. The minimum atomic E-state index is 0.493. The quantitative estimate of drug-likeness (QED) is 0.820. The maximum atomic E-state index is 5.87. The molecule has 0 radical (unpaired) electrons. The number of nitrogens with one attached hydrogen (secondary N) is 1. The molecule has 0 aromatic carbocycles. The maximum absolute atomic E-state index is 5.87. The molecule has 2 rings (SSSR count). The Hall–Kier alpha value is -0.800. The molecule has 3 heteroatoms. The lowest BCUT2D eigenvalue weighted by molar-refractivity contribution is 0.227. The maximum Gasteiger partial charge on any atom is 0.118 e. The summed E-state index contributed by atoms with van der Waals surface area (Å²) in [7, 11) is 2.24. The Morgan fingerprint density at radius 2 is 2.00 bits per heavy atom. The molecule has 1 aromatic rings. The molecule has 0 saturated heterocycles. The van der Waals surface area contributed by atoms with Gasteiger partial charge in [0.05, 0.1) is 6.54 Å².